The van der Waals surface area contributed by atoms with Crippen LogP contribution in [0, 0.1) is 0 Å². The lowest BCUT2D eigenvalue weighted by molar-refractivity contribution is 0.268. The molecule has 5 heteroatoms. The summed E-state index contributed by atoms with van der Waals surface area (Å²) in [4.78, 5) is 0. The summed E-state index contributed by atoms with van der Waals surface area (Å²) in [6.07, 6.45) is 0.724. The van der Waals surface area contributed by atoms with E-state index in [1.54, 1.807) is 7.11 Å². The minimum Gasteiger partial charge on any atom is -0.493 e. The second-order valence-electron chi connectivity index (χ2n) is 4.34. The fourth-order valence-corrected chi connectivity index (χ4v) is 2.04. The Morgan fingerprint density at radius 3 is 2.74 bits per heavy atom. The van der Waals surface area contributed by atoms with Gasteiger partial charge in [0.25, 0.3) is 0 Å². The first-order chi connectivity index (χ1) is 9.12. The average Bonchev–Trinajstić information content (AvgIpc) is 2.39. The predicted octanol–water partition coefficient (Wildman–Crippen LogP) is 2.61. The van der Waals surface area contributed by atoms with Crippen molar-refractivity contribution in [2.45, 2.75) is 32.9 Å². The van der Waals surface area contributed by atoms with Gasteiger partial charge in [0.15, 0.2) is 11.5 Å². The van der Waals surface area contributed by atoms with Crippen molar-refractivity contribution in [2.24, 2.45) is 0 Å². The molecule has 1 aromatic rings. The third-order valence-electron chi connectivity index (χ3n) is 2.79. The molecule has 0 aliphatic rings. The van der Waals surface area contributed by atoms with Crippen LogP contribution in [0.5, 0.6) is 11.5 Å². The van der Waals surface area contributed by atoms with E-state index in [0.29, 0.717) is 29.7 Å². The van der Waals surface area contributed by atoms with Gasteiger partial charge in [-0.25, -0.2) is 0 Å². The van der Waals surface area contributed by atoms with E-state index in [0.717, 1.165) is 12.0 Å². The number of aliphatic hydroxyl groups is 1. The van der Waals surface area contributed by atoms with E-state index >= 15 is 0 Å². The van der Waals surface area contributed by atoms with Crippen molar-refractivity contribution in [1.82, 2.24) is 5.32 Å². The van der Waals surface area contributed by atoms with Crippen molar-refractivity contribution >= 4 is 11.6 Å². The van der Waals surface area contributed by atoms with Crippen LogP contribution >= 0.6 is 11.6 Å². The van der Waals surface area contributed by atoms with E-state index in [-0.39, 0.29) is 12.6 Å². The van der Waals surface area contributed by atoms with Gasteiger partial charge in [-0.3, -0.25) is 0 Å². The molecule has 0 fully saturated rings. The molecule has 0 bridgehead atoms. The van der Waals surface area contributed by atoms with Gasteiger partial charge in [-0.15, -0.1) is 0 Å². The zero-order valence-electron chi connectivity index (χ0n) is 11.7. The summed E-state index contributed by atoms with van der Waals surface area (Å²) in [5.74, 6) is 1.22. The number of aliphatic hydroxyl groups excluding tert-OH is 1. The lowest BCUT2D eigenvalue weighted by Gasteiger charge is -2.15. The standard InChI is InChI=1S/C14H22ClNO3/c1-4-19-14-12(15)7-11(8-13(14)18-3)9-16-10(2)5-6-17/h7-8,10,16-17H,4-6,9H2,1-3H3/t10-/m1/s1. The van der Waals surface area contributed by atoms with Crippen molar-refractivity contribution in [3.05, 3.63) is 22.7 Å². The zero-order valence-corrected chi connectivity index (χ0v) is 12.5. The Morgan fingerprint density at radius 2 is 2.16 bits per heavy atom. The molecule has 0 radical (unpaired) electrons. The molecular weight excluding hydrogens is 266 g/mol. The summed E-state index contributed by atoms with van der Waals surface area (Å²) in [6, 6.07) is 4.03. The number of ether oxygens (including phenoxy) is 2. The monoisotopic (exact) mass is 287 g/mol. The van der Waals surface area contributed by atoms with Crippen LogP contribution in [0.4, 0.5) is 0 Å². The third-order valence-corrected chi connectivity index (χ3v) is 3.08. The van der Waals surface area contributed by atoms with Gasteiger partial charge in [-0.1, -0.05) is 11.6 Å². The molecule has 4 nitrogen and oxygen atoms in total. The number of nitrogens with one attached hydrogen (secondary N) is 1. The Labute approximate surface area is 119 Å². The highest BCUT2D eigenvalue weighted by molar-refractivity contribution is 6.32. The smallest absolute Gasteiger partial charge is 0.179 e. The first-order valence-corrected chi connectivity index (χ1v) is 6.83. The van der Waals surface area contributed by atoms with Crippen LogP contribution in [0.1, 0.15) is 25.8 Å². The van der Waals surface area contributed by atoms with Crippen molar-refractivity contribution in [3.63, 3.8) is 0 Å². The van der Waals surface area contributed by atoms with Gasteiger partial charge >= 0.3 is 0 Å². The molecule has 0 amide bonds. The first-order valence-electron chi connectivity index (χ1n) is 6.45. The van der Waals surface area contributed by atoms with Gasteiger partial charge < -0.3 is 19.9 Å². The van der Waals surface area contributed by atoms with Gasteiger partial charge in [0.05, 0.1) is 18.7 Å². The topological polar surface area (TPSA) is 50.7 Å². The van der Waals surface area contributed by atoms with E-state index in [1.807, 2.05) is 26.0 Å². The summed E-state index contributed by atoms with van der Waals surface area (Å²) < 4.78 is 10.8. The number of hydrogen-bond donors (Lipinski definition) is 2. The summed E-state index contributed by atoms with van der Waals surface area (Å²) in [5.41, 5.74) is 1.02. The normalized spacial score (nSPS) is 12.3. The molecule has 0 heterocycles. The molecule has 0 unspecified atom stereocenters. The van der Waals surface area contributed by atoms with E-state index < -0.39 is 0 Å². The minimum atomic E-state index is 0.182. The maximum absolute atomic E-state index is 8.86. The van der Waals surface area contributed by atoms with Crippen LogP contribution < -0.4 is 14.8 Å². The van der Waals surface area contributed by atoms with Crippen LogP contribution in [0.15, 0.2) is 12.1 Å². The quantitative estimate of drug-likeness (QED) is 0.772. The van der Waals surface area contributed by atoms with E-state index in [2.05, 4.69) is 5.32 Å². The number of hydrogen-bond acceptors (Lipinski definition) is 4. The van der Waals surface area contributed by atoms with Crippen molar-refractivity contribution in [3.8, 4) is 11.5 Å². The lowest BCUT2D eigenvalue weighted by atomic mass is 10.1. The molecule has 0 aliphatic heterocycles. The van der Waals surface area contributed by atoms with Crippen molar-refractivity contribution < 1.29 is 14.6 Å². The number of rotatable bonds is 8. The molecule has 2 N–H and O–H groups in total. The van der Waals surface area contributed by atoms with Crippen LogP contribution in [-0.2, 0) is 6.54 Å². The van der Waals surface area contributed by atoms with Crippen molar-refractivity contribution in [1.29, 1.82) is 0 Å². The van der Waals surface area contributed by atoms with Gasteiger partial charge in [0, 0.05) is 19.2 Å². The number of methoxy groups -OCH3 is 1. The third kappa shape index (κ3) is 4.90. The molecule has 1 rings (SSSR count). The highest BCUT2D eigenvalue weighted by atomic mass is 35.5. The Balaban J connectivity index is 2.77. The summed E-state index contributed by atoms with van der Waals surface area (Å²) in [6.45, 7) is 5.33. The Bertz CT molecular complexity index is 399. The fraction of sp³-hybridized carbons (Fsp3) is 0.571. The Hall–Kier alpha value is -0.970. The summed E-state index contributed by atoms with van der Waals surface area (Å²) in [5, 5.41) is 12.7. The van der Waals surface area contributed by atoms with Crippen LogP contribution in [-0.4, -0.2) is 31.5 Å². The van der Waals surface area contributed by atoms with Gasteiger partial charge in [0.1, 0.15) is 0 Å². The highest BCUT2D eigenvalue weighted by Crippen LogP contribution is 2.36. The molecule has 1 atom stereocenters. The molecular formula is C14H22ClNO3. The maximum Gasteiger partial charge on any atom is 0.179 e. The summed E-state index contributed by atoms with van der Waals surface area (Å²) in [7, 11) is 1.60. The molecule has 0 aliphatic carbocycles. The Kier molecular flexibility index (Phi) is 6.99. The van der Waals surface area contributed by atoms with Crippen LogP contribution in [0.2, 0.25) is 5.02 Å². The van der Waals surface area contributed by atoms with Gasteiger partial charge in [-0.2, -0.15) is 0 Å². The molecule has 108 valence electrons. The molecule has 19 heavy (non-hydrogen) atoms. The molecule has 0 spiro atoms. The first kappa shape index (κ1) is 16.1. The SMILES string of the molecule is CCOc1c(Cl)cc(CN[C@H](C)CCO)cc1OC. The van der Waals surface area contributed by atoms with E-state index in [4.69, 9.17) is 26.2 Å². The van der Waals surface area contributed by atoms with Crippen LogP contribution in [0.3, 0.4) is 0 Å². The fourth-order valence-electron chi connectivity index (χ4n) is 1.75. The number of halogens is 1. The number of benzene rings is 1. The highest BCUT2D eigenvalue weighted by Gasteiger charge is 2.12. The Morgan fingerprint density at radius 1 is 1.42 bits per heavy atom. The molecule has 1 aromatic carbocycles. The van der Waals surface area contributed by atoms with Gasteiger partial charge in [-0.05, 0) is 38.0 Å². The second kappa shape index (κ2) is 8.25. The average molecular weight is 288 g/mol. The largest absolute Gasteiger partial charge is 0.493 e. The minimum absolute atomic E-state index is 0.182. The lowest BCUT2D eigenvalue weighted by Crippen LogP contribution is -2.26. The van der Waals surface area contributed by atoms with E-state index in [9.17, 15) is 0 Å². The molecule has 0 saturated heterocycles. The maximum atomic E-state index is 8.86. The second-order valence-corrected chi connectivity index (χ2v) is 4.74. The predicted molar refractivity (Wildman–Crippen MR) is 77.2 cm³/mol. The van der Waals surface area contributed by atoms with Crippen LogP contribution in [0.25, 0.3) is 0 Å². The molecule has 0 aromatic heterocycles. The van der Waals surface area contributed by atoms with E-state index in [1.165, 1.54) is 0 Å². The summed E-state index contributed by atoms with van der Waals surface area (Å²) >= 11 is 6.20. The zero-order chi connectivity index (χ0) is 14.3. The van der Waals surface area contributed by atoms with Gasteiger partial charge in [0.2, 0.25) is 0 Å². The molecule has 0 saturated carbocycles. The van der Waals surface area contributed by atoms with Crippen molar-refractivity contribution in [2.75, 3.05) is 20.3 Å².